The minimum atomic E-state index is -0.459. The van der Waals surface area contributed by atoms with E-state index in [0.717, 1.165) is 22.9 Å². The molecular formula is C23H24BrN3O4. The molecule has 2 aromatic rings. The van der Waals surface area contributed by atoms with Gasteiger partial charge in [0.15, 0.2) is 5.78 Å². The van der Waals surface area contributed by atoms with Crippen molar-refractivity contribution >= 4 is 27.6 Å². The third-order valence-electron chi connectivity index (χ3n) is 6.62. The number of nitrogens with zero attached hydrogens (tertiary/aromatic N) is 2. The van der Waals surface area contributed by atoms with Crippen LogP contribution in [0.25, 0.3) is 11.3 Å². The van der Waals surface area contributed by atoms with Crippen LogP contribution in [0.3, 0.4) is 0 Å². The molecule has 0 spiro atoms. The van der Waals surface area contributed by atoms with Gasteiger partial charge in [0.2, 0.25) is 0 Å². The molecule has 2 bridgehead atoms. The Morgan fingerprint density at radius 3 is 2.55 bits per heavy atom. The minimum absolute atomic E-state index is 0.0649. The van der Waals surface area contributed by atoms with Crippen molar-refractivity contribution in [2.75, 3.05) is 6.54 Å². The van der Waals surface area contributed by atoms with Crippen molar-refractivity contribution in [2.24, 2.45) is 5.92 Å². The first kappa shape index (κ1) is 20.5. The molecule has 1 amide bonds. The smallest absolute Gasteiger partial charge is 0.270 e. The van der Waals surface area contributed by atoms with E-state index in [1.165, 1.54) is 0 Å². The number of nitrogens with one attached hydrogen (secondary N) is 1. The first-order chi connectivity index (χ1) is 14.9. The van der Waals surface area contributed by atoms with Gasteiger partial charge in [-0.05, 0) is 50.8 Å². The molecule has 2 unspecified atom stereocenters. The van der Waals surface area contributed by atoms with Gasteiger partial charge in [0.1, 0.15) is 11.5 Å². The fourth-order valence-electron chi connectivity index (χ4n) is 5.13. The Morgan fingerprint density at radius 1 is 1.19 bits per heavy atom. The maximum absolute atomic E-state index is 13.4. The molecule has 1 aromatic carbocycles. The zero-order valence-electron chi connectivity index (χ0n) is 17.2. The molecule has 2 N–H and O–H groups in total. The molecule has 7 nitrogen and oxygen atoms in total. The minimum Gasteiger partial charge on any atom is -0.393 e. The van der Waals surface area contributed by atoms with Crippen molar-refractivity contribution in [3.63, 3.8) is 0 Å². The first-order valence-corrected chi connectivity index (χ1v) is 11.4. The highest BCUT2D eigenvalue weighted by Gasteiger charge is 2.44. The van der Waals surface area contributed by atoms with Gasteiger partial charge in [-0.15, -0.1) is 0 Å². The molecule has 3 aliphatic rings. The van der Waals surface area contributed by atoms with Gasteiger partial charge in [-0.1, -0.05) is 33.2 Å². The number of ketones is 1. The average Bonchev–Trinajstić information content (AvgIpc) is 3.45. The number of rotatable bonds is 4. The summed E-state index contributed by atoms with van der Waals surface area (Å²) in [5.74, 6) is -0.160. The van der Waals surface area contributed by atoms with E-state index >= 15 is 0 Å². The van der Waals surface area contributed by atoms with Crippen molar-refractivity contribution in [1.82, 2.24) is 15.4 Å². The number of halogens is 1. The Kier molecular flexibility index (Phi) is 5.22. The van der Waals surface area contributed by atoms with Crippen molar-refractivity contribution in [3.05, 3.63) is 51.8 Å². The monoisotopic (exact) mass is 485 g/mol. The largest absolute Gasteiger partial charge is 0.393 e. The van der Waals surface area contributed by atoms with Crippen LogP contribution in [0.1, 0.15) is 41.8 Å². The highest BCUT2D eigenvalue weighted by Crippen LogP contribution is 2.37. The number of fused-ring (bicyclic) bond motifs is 2. The van der Waals surface area contributed by atoms with Crippen LogP contribution in [-0.2, 0) is 4.79 Å². The topological polar surface area (TPSA) is 95.7 Å². The van der Waals surface area contributed by atoms with Crippen LogP contribution in [0.4, 0.5) is 0 Å². The van der Waals surface area contributed by atoms with Crippen LogP contribution in [0.5, 0.6) is 0 Å². The number of amides is 1. The molecule has 1 aromatic heterocycles. The van der Waals surface area contributed by atoms with Crippen molar-refractivity contribution in [2.45, 2.75) is 50.8 Å². The summed E-state index contributed by atoms with van der Waals surface area (Å²) in [4.78, 5) is 28.5. The summed E-state index contributed by atoms with van der Waals surface area (Å²) < 4.78 is 6.29. The average molecular weight is 486 g/mol. The Bertz CT molecular complexity index is 1050. The summed E-state index contributed by atoms with van der Waals surface area (Å²) in [5.41, 5.74) is 2.26. The van der Waals surface area contributed by atoms with Gasteiger partial charge in [-0.3, -0.25) is 9.59 Å². The van der Waals surface area contributed by atoms with E-state index in [9.17, 15) is 14.7 Å². The summed E-state index contributed by atoms with van der Waals surface area (Å²) in [6, 6.07) is 7.73. The van der Waals surface area contributed by atoms with E-state index in [2.05, 4.69) is 26.4 Å². The van der Waals surface area contributed by atoms with E-state index in [0.29, 0.717) is 42.1 Å². The molecule has 4 heterocycles. The van der Waals surface area contributed by atoms with Gasteiger partial charge in [0.05, 0.1) is 23.3 Å². The number of aromatic nitrogens is 1. The Morgan fingerprint density at radius 2 is 1.87 bits per heavy atom. The summed E-state index contributed by atoms with van der Waals surface area (Å²) >= 11 is 3.42. The fourth-order valence-corrected chi connectivity index (χ4v) is 5.39. The normalized spacial score (nSPS) is 27.2. The summed E-state index contributed by atoms with van der Waals surface area (Å²) in [6.45, 7) is 2.10. The summed E-state index contributed by atoms with van der Waals surface area (Å²) in [7, 11) is 0. The number of piperidine rings is 1. The zero-order valence-corrected chi connectivity index (χ0v) is 18.8. The summed E-state index contributed by atoms with van der Waals surface area (Å²) in [5, 5.41) is 17.3. The third kappa shape index (κ3) is 3.61. The highest BCUT2D eigenvalue weighted by molar-refractivity contribution is 9.10. The number of aliphatic hydroxyl groups is 1. The van der Waals surface area contributed by atoms with E-state index in [1.807, 2.05) is 29.2 Å². The van der Waals surface area contributed by atoms with Gasteiger partial charge in [0.25, 0.3) is 5.91 Å². The number of hydrogen-bond acceptors (Lipinski definition) is 6. The molecule has 0 aliphatic carbocycles. The van der Waals surface area contributed by atoms with E-state index in [4.69, 9.17) is 4.52 Å². The fraction of sp³-hybridized carbons (Fsp3) is 0.435. The zero-order chi connectivity index (χ0) is 21.7. The van der Waals surface area contributed by atoms with Crippen LogP contribution < -0.4 is 5.32 Å². The SMILES string of the molecule is Cc1onc(-c2ccc(Br)cc2)c1C(=O)C1C=C(C(=O)N2[C@@H]3CC[C@H]2CC(O)C3)NC1. The second kappa shape index (κ2) is 7.91. The van der Waals surface area contributed by atoms with Gasteiger partial charge in [-0.25, -0.2) is 0 Å². The van der Waals surface area contributed by atoms with Gasteiger partial charge >= 0.3 is 0 Å². The van der Waals surface area contributed by atoms with Crippen LogP contribution in [-0.4, -0.2) is 51.6 Å². The molecule has 2 saturated heterocycles. The maximum Gasteiger partial charge on any atom is 0.270 e. The quantitative estimate of drug-likeness (QED) is 0.645. The maximum atomic E-state index is 13.4. The van der Waals surface area contributed by atoms with Crippen molar-refractivity contribution < 1.29 is 19.2 Å². The number of carbonyl (C=O) groups is 2. The molecule has 31 heavy (non-hydrogen) atoms. The number of hydrogen-bond donors (Lipinski definition) is 2. The Labute approximate surface area is 188 Å². The van der Waals surface area contributed by atoms with Gasteiger partial charge < -0.3 is 19.8 Å². The first-order valence-electron chi connectivity index (χ1n) is 10.6. The summed E-state index contributed by atoms with van der Waals surface area (Å²) in [6.07, 6.45) is 4.55. The molecule has 162 valence electrons. The van der Waals surface area contributed by atoms with Gasteiger partial charge in [0, 0.05) is 28.7 Å². The second-order valence-corrected chi connectivity index (χ2v) is 9.54. The second-order valence-electron chi connectivity index (χ2n) is 8.62. The Balaban J connectivity index is 1.38. The lowest BCUT2D eigenvalue weighted by Gasteiger charge is -2.37. The molecule has 0 radical (unpaired) electrons. The highest BCUT2D eigenvalue weighted by atomic mass is 79.9. The molecular weight excluding hydrogens is 462 g/mol. The third-order valence-corrected chi connectivity index (χ3v) is 7.15. The number of aliphatic hydroxyl groups excluding tert-OH is 1. The number of Topliss-reactive ketones (excluding diaryl/α,β-unsaturated/α-hetero) is 1. The van der Waals surface area contributed by atoms with Crippen LogP contribution in [0.15, 0.2) is 45.0 Å². The van der Waals surface area contributed by atoms with E-state index < -0.39 is 5.92 Å². The van der Waals surface area contributed by atoms with Crippen molar-refractivity contribution in [1.29, 1.82) is 0 Å². The molecule has 4 atom stereocenters. The van der Waals surface area contributed by atoms with Gasteiger partial charge in [-0.2, -0.15) is 0 Å². The van der Waals surface area contributed by atoms with E-state index in [-0.39, 0.29) is 29.9 Å². The van der Waals surface area contributed by atoms with Crippen LogP contribution in [0, 0.1) is 12.8 Å². The lowest BCUT2D eigenvalue weighted by atomic mass is 9.94. The lowest BCUT2D eigenvalue weighted by molar-refractivity contribution is -0.133. The van der Waals surface area contributed by atoms with Crippen LogP contribution in [0.2, 0.25) is 0 Å². The predicted molar refractivity (Wildman–Crippen MR) is 117 cm³/mol. The predicted octanol–water partition coefficient (Wildman–Crippen LogP) is 3.21. The lowest BCUT2D eigenvalue weighted by Crippen LogP contribution is -2.49. The number of benzene rings is 1. The van der Waals surface area contributed by atoms with Crippen LogP contribution >= 0.6 is 15.9 Å². The Hall–Kier alpha value is -2.45. The molecule has 0 saturated carbocycles. The molecule has 3 aliphatic heterocycles. The molecule has 8 heteroatoms. The van der Waals surface area contributed by atoms with E-state index in [1.54, 1.807) is 13.0 Å². The molecule has 5 rings (SSSR count). The van der Waals surface area contributed by atoms with Crippen molar-refractivity contribution in [3.8, 4) is 11.3 Å². The number of aryl methyl sites for hydroxylation is 1. The standard InChI is InChI=1S/C23H24BrN3O4/c1-12-20(21(26-31-12)13-2-4-15(24)5-3-13)22(29)14-8-19(25-11-14)23(30)27-16-6-7-17(27)10-18(28)9-16/h2-5,8,14,16-18,25,28H,6-7,9-11H2,1H3/t14?,16-,17+,18?. The molecule has 2 fully saturated rings. The number of carbonyl (C=O) groups excluding carboxylic acids is 2.